The van der Waals surface area contributed by atoms with Crippen LogP contribution in [0.4, 0.5) is 0 Å². The predicted molar refractivity (Wildman–Crippen MR) is 62.3 cm³/mol. The Hall–Kier alpha value is -1.44. The molecule has 0 aromatic carbocycles. The highest BCUT2D eigenvalue weighted by Crippen LogP contribution is 2.27. The Bertz CT molecular complexity index is 562. The van der Waals surface area contributed by atoms with Gasteiger partial charge in [0.05, 0.1) is 12.7 Å². The second kappa shape index (κ2) is 4.68. The Kier molecular flexibility index (Phi) is 3.38. The van der Waals surface area contributed by atoms with E-state index in [9.17, 15) is 14.7 Å². The molecular formula is C11H16N2O5. The molecule has 0 aliphatic carbocycles. The third-order valence-corrected chi connectivity index (χ3v) is 3.18. The number of nitrogens with zero attached hydrogens (tertiary/aromatic N) is 2. The maximum Gasteiger partial charge on any atom is 0.332 e. The van der Waals surface area contributed by atoms with Crippen molar-refractivity contribution in [1.29, 1.82) is 0 Å². The zero-order valence-electron chi connectivity index (χ0n) is 10.2. The van der Waals surface area contributed by atoms with Gasteiger partial charge in [-0.15, -0.1) is 0 Å². The second-order valence-electron chi connectivity index (χ2n) is 4.48. The first-order valence-electron chi connectivity index (χ1n) is 5.69. The summed E-state index contributed by atoms with van der Waals surface area (Å²) in [7, 11) is 1.39. The zero-order chi connectivity index (χ0) is 13.4. The first-order chi connectivity index (χ1) is 8.45. The number of aromatic nitrogens is 2. The number of rotatable bonds is 2. The first-order valence-corrected chi connectivity index (χ1v) is 5.69. The normalized spacial score (nSPS) is 27.7. The fraction of sp³-hybridized carbons (Fsp3) is 0.636. The molecule has 0 saturated carbocycles. The molecule has 1 aromatic rings. The van der Waals surface area contributed by atoms with Crippen LogP contribution in [0, 0.1) is 6.92 Å². The summed E-state index contributed by atoms with van der Waals surface area (Å²) in [6.07, 6.45) is -0.538. The minimum atomic E-state index is -0.815. The molecule has 3 atom stereocenters. The molecule has 2 rings (SSSR count). The van der Waals surface area contributed by atoms with Crippen LogP contribution < -0.4 is 11.2 Å². The Morgan fingerprint density at radius 2 is 2.17 bits per heavy atom. The Balaban J connectivity index is 2.42. The topological polar surface area (TPSA) is 93.7 Å². The maximum absolute atomic E-state index is 11.9. The molecule has 1 aliphatic heterocycles. The maximum atomic E-state index is 11.9. The van der Waals surface area contributed by atoms with E-state index in [2.05, 4.69) is 0 Å². The van der Waals surface area contributed by atoms with E-state index in [4.69, 9.17) is 9.84 Å². The van der Waals surface area contributed by atoms with E-state index in [0.29, 0.717) is 5.56 Å². The summed E-state index contributed by atoms with van der Waals surface area (Å²) in [6, 6.07) is 0. The van der Waals surface area contributed by atoms with Gasteiger partial charge in [-0.2, -0.15) is 0 Å². The van der Waals surface area contributed by atoms with Gasteiger partial charge in [-0.1, -0.05) is 0 Å². The molecule has 100 valence electrons. The molecule has 0 bridgehead atoms. The highest BCUT2D eigenvalue weighted by atomic mass is 16.5. The van der Waals surface area contributed by atoms with E-state index in [1.54, 1.807) is 6.92 Å². The van der Waals surface area contributed by atoms with Gasteiger partial charge in [0, 0.05) is 25.2 Å². The van der Waals surface area contributed by atoms with Crippen LogP contribution in [0.15, 0.2) is 15.8 Å². The van der Waals surface area contributed by atoms with Crippen molar-refractivity contribution in [2.24, 2.45) is 7.05 Å². The van der Waals surface area contributed by atoms with Crippen LogP contribution in [0.1, 0.15) is 18.2 Å². The Morgan fingerprint density at radius 3 is 2.72 bits per heavy atom. The van der Waals surface area contributed by atoms with Crippen LogP contribution >= 0.6 is 0 Å². The highest BCUT2D eigenvalue weighted by molar-refractivity contribution is 5.03. The number of aliphatic hydroxyl groups excluding tert-OH is 2. The summed E-state index contributed by atoms with van der Waals surface area (Å²) in [5.74, 6) is 0. The summed E-state index contributed by atoms with van der Waals surface area (Å²) in [4.78, 5) is 23.5. The molecule has 1 aromatic heterocycles. The Labute approximate surface area is 103 Å². The largest absolute Gasteiger partial charge is 0.394 e. The lowest BCUT2D eigenvalue weighted by Gasteiger charge is -2.16. The average molecular weight is 256 g/mol. The molecule has 1 fully saturated rings. The second-order valence-corrected chi connectivity index (χ2v) is 4.48. The van der Waals surface area contributed by atoms with Gasteiger partial charge in [-0.05, 0) is 6.92 Å². The molecule has 7 nitrogen and oxygen atoms in total. The van der Waals surface area contributed by atoms with E-state index in [-0.39, 0.29) is 18.6 Å². The number of aryl methyl sites for hydroxylation is 1. The zero-order valence-corrected chi connectivity index (χ0v) is 10.2. The van der Waals surface area contributed by atoms with Crippen molar-refractivity contribution in [3.05, 3.63) is 32.6 Å². The van der Waals surface area contributed by atoms with Gasteiger partial charge < -0.3 is 14.9 Å². The molecule has 18 heavy (non-hydrogen) atoms. The molecule has 1 aliphatic rings. The lowest BCUT2D eigenvalue weighted by Crippen LogP contribution is -2.40. The average Bonchev–Trinajstić information content (AvgIpc) is 2.72. The standard InChI is InChI=1S/C11H16N2O5/c1-6-4-13(11(17)12(2)10(6)16)9-3-7(15)8(5-14)18-9/h4,7-9,14-15H,3,5H2,1-2H3/t7?,8-,9-/m1/s1. The van der Waals surface area contributed by atoms with Gasteiger partial charge in [-0.25, -0.2) is 4.79 Å². The fourth-order valence-corrected chi connectivity index (χ4v) is 2.10. The summed E-state index contributed by atoms with van der Waals surface area (Å²) < 4.78 is 7.66. The smallest absolute Gasteiger partial charge is 0.332 e. The minimum Gasteiger partial charge on any atom is -0.394 e. The third-order valence-electron chi connectivity index (χ3n) is 3.18. The molecule has 0 radical (unpaired) electrons. The quantitative estimate of drug-likeness (QED) is 0.671. The van der Waals surface area contributed by atoms with Crippen LogP contribution in [-0.4, -0.2) is 38.2 Å². The summed E-state index contributed by atoms with van der Waals surface area (Å²) >= 11 is 0. The van der Waals surface area contributed by atoms with E-state index in [0.717, 1.165) is 4.57 Å². The molecule has 2 heterocycles. The van der Waals surface area contributed by atoms with Crippen LogP contribution in [0.25, 0.3) is 0 Å². The lowest BCUT2D eigenvalue weighted by atomic mass is 10.2. The van der Waals surface area contributed by atoms with Crippen molar-refractivity contribution in [2.45, 2.75) is 31.8 Å². The molecule has 0 amide bonds. The lowest BCUT2D eigenvalue weighted by molar-refractivity contribution is -0.0463. The van der Waals surface area contributed by atoms with E-state index >= 15 is 0 Å². The van der Waals surface area contributed by atoms with Gasteiger partial charge in [0.2, 0.25) is 0 Å². The van der Waals surface area contributed by atoms with E-state index < -0.39 is 24.1 Å². The van der Waals surface area contributed by atoms with Crippen molar-refractivity contribution in [1.82, 2.24) is 9.13 Å². The molecule has 2 N–H and O–H groups in total. The van der Waals surface area contributed by atoms with Crippen molar-refractivity contribution in [3.63, 3.8) is 0 Å². The number of hydrogen-bond acceptors (Lipinski definition) is 5. The monoisotopic (exact) mass is 256 g/mol. The number of hydrogen-bond donors (Lipinski definition) is 2. The SMILES string of the molecule is Cc1cn([C@H]2CC(O)[C@@H](CO)O2)c(=O)n(C)c1=O. The molecule has 7 heteroatoms. The van der Waals surface area contributed by atoms with Gasteiger partial charge in [0.1, 0.15) is 12.3 Å². The number of aliphatic hydroxyl groups is 2. The molecule has 1 unspecified atom stereocenters. The first kappa shape index (κ1) is 13.0. The van der Waals surface area contributed by atoms with Gasteiger partial charge >= 0.3 is 5.69 Å². The van der Waals surface area contributed by atoms with Gasteiger partial charge in [0.25, 0.3) is 5.56 Å². The highest BCUT2D eigenvalue weighted by Gasteiger charge is 2.35. The summed E-state index contributed by atoms with van der Waals surface area (Å²) in [6.45, 7) is 1.30. The summed E-state index contributed by atoms with van der Waals surface area (Å²) in [5, 5.41) is 18.6. The summed E-state index contributed by atoms with van der Waals surface area (Å²) in [5.41, 5.74) is -0.433. The minimum absolute atomic E-state index is 0.211. The third kappa shape index (κ3) is 2.00. The van der Waals surface area contributed by atoms with Crippen molar-refractivity contribution < 1.29 is 14.9 Å². The van der Waals surface area contributed by atoms with Gasteiger partial charge in [0.15, 0.2) is 0 Å². The molecular weight excluding hydrogens is 240 g/mol. The Morgan fingerprint density at radius 1 is 1.50 bits per heavy atom. The van der Waals surface area contributed by atoms with Crippen LogP contribution in [0.2, 0.25) is 0 Å². The van der Waals surface area contributed by atoms with E-state index in [1.165, 1.54) is 17.8 Å². The molecule has 1 saturated heterocycles. The van der Waals surface area contributed by atoms with Crippen molar-refractivity contribution in [3.8, 4) is 0 Å². The van der Waals surface area contributed by atoms with Crippen LogP contribution in [-0.2, 0) is 11.8 Å². The van der Waals surface area contributed by atoms with Crippen molar-refractivity contribution in [2.75, 3.05) is 6.61 Å². The fourth-order valence-electron chi connectivity index (χ4n) is 2.10. The van der Waals surface area contributed by atoms with Crippen LogP contribution in [0.5, 0.6) is 0 Å². The predicted octanol–water partition coefficient (Wildman–Crippen LogP) is -1.50. The molecule has 0 spiro atoms. The van der Waals surface area contributed by atoms with Crippen LogP contribution in [0.3, 0.4) is 0 Å². The van der Waals surface area contributed by atoms with E-state index in [1.807, 2.05) is 0 Å². The van der Waals surface area contributed by atoms with Gasteiger partial charge in [-0.3, -0.25) is 13.9 Å². The number of ether oxygens (including phenoxy) is 1. The van der Waals surface area contributed by atoms with Crippen molar-refractivity contribution >= 4 is 0 Å².